The smallest absolute Gasteiger partial charge is 0.425 e. The van der Waals surface area contributed by atoms with Crippen molar-refractivity contribution in [3.8, 4) is 0 Å². The molecule has 6 heteroatoms. The number of hydrogen-bond donors (Lipinski definition) is 0. The molecule has 0 aromatic heterocycles. The molecule has 36 heavy (non-hydrogen) atoms. The van der Waals surface area contributed by atoms with Gasteiger partial charge < -0.3 is 9.47 Å². The van der Waals surface area contributed by atoms with Gasteiger partial charge in [-0.05, 0) is 74.0 Å². The Labute approximate surface area is 220 Å². The average molecular weight is 511 g/mol. The molecule has 6 nitrogen and oxygen atoms in total. The summed E-state index contributed by atoms with van der Waals surface area (Å²) in [6.07, 6.45) is 4.91. The van der Waals surface area contributed by atoms with Crippen LogP contribution in [0.4, 0.5) is 9.59 Å². The minimum absolute atomic E-state index is 0.215. The van der Waals surface area contributed by atoms with Crippen LogP contribution in [-0.2, 0) is 19.2 Å². The van der Waals surface area contributed by atoms with Gasteiger partial charge in [-0.1, -0.05) is 83.1 Å². The summed E-state index contributed by atoms with van der Waals surface area (Å²) in [5.74, 6) is 1.14. The van der Waals surface area contributed by atoms with Crippen LogP contribution < -0.4 is 0 Å². The second kappa shape index (κ2) is 10.4. The van der Waals surface area contributed by atoms with E-state index in [4.69, 9.17) is 19.2 Å². The topological polar surface area (TPSA) is 71.1 Å². The van der Waals surface area contributed by atoms with Gasteiger partial charge in [0.05, 0.1) is 0 Å². The lowest BCUT2D eigenvalue weighted by atomic mass is 9.62. The average Bonchev–Trinajstić information content (AvgIpc) is 2.70. The van der Waals surface area contributed by atoms with E-state index in [-0.39, 0.29) is 21.7 Å². The number of hydrogen-bond acceptors (Lipinski definition) is 6. The minimum atomic E-state index is -0.989. The molecular formula is C30H54O6. The van der Waals surface area contributed by atoms with E-state index in [9.17, 15) is 9.59 Å². The van der Waals surface area contributed by atoms with E-state index in [1.807, 2.05) is 0 Å². The molecule has 0 heterocycles. The maximum absolute atomic E-state index is 12.7. The Kier molecular flexibility index (Phi) is 8.86. The highest BCUT2D eigenvalue weighted by Crippen LogP contribution is 2.51. The fourth-order valence-corrected chi connectivity index (χ4v) is 6.33. The van der Waals surface area contributed by atoms with Crippen LogP contribution in [-0.4, -0.2) is 23.5 Å². The van der Waals surface area contributed by atoms with Crippen molar-refractivity contribution in [2.45, 2.75) is 146 Å². The molecule has 0 aromatic carbocycles. The van der Waals surface area contributed by atoms with Crippen molar-refractivity contribution in [3.63, 3.8) is 0 Å². The maximum atomic E-state index is 12.7. The molecule has 0 amide bonds. The highest BCUT2D eigenvalue weighted by atomic mass is 17.3. The summed E-state index contributed by atoms with van der Waals surface area (Å²) in [7, 11) is 0. The maximum Gasteiger partial charge on any atom is 0.550 e. The lowest BCUT2D eigenvalue weighted by Crippen LogP contribution is -2.51. The first-order valence-corrected chi connectivity index (χ1v) is 13.9. The largest absolute Gasteiger partial charge is 0.550 e. The van der Waals surface area contributed by atoms with Crippen molar-refractivity contribution in [2.24, 2.45) is 33.5 Å². The normalized spacial score (nSPS) is 30.3. The summed E-state index contributed by atoms with van der Waals surface area (Å²) in [6.45, 7) is 26.0. The molecule has 0 N–H and O–H groups in total. The number of carbonyl (C=O) groups excluding carboxylic acids is 2. The first kappa shape index (κ1) is 30.8. The van der Waals surface area contributed by atoms with Crippen LogP contribution in [0.25, 0.3) is 0 Å². The van der Waals surface area contributed by atoms with Crippen LogP contribution in [0, 0.1) is 33.5 Å². The van der Waals surface area contributed by atoms with Crippen molar-refractivity contribution in [1.82, 2.24) is 0 Å². The van der Waals surface area contributed by atoms with E-state index in [2.05, 4.69) is 83.1 Å². The molecule has 0 radical (unpaired) electrons. The van der Waals surface area contributed by atoms with E-state index >= 15 is 0 Å². The number of rotatable bonds is 2. The van der Waals surface area contributed by atoms with Crippen LogP contribution in [0.15, 0.2) is 0 Å². The minimum Gasteiger partial charge on any atom is -0.425 e. The Morgan fingerprint density at radius 3 is 0.972 bits per heavy atom. The molecule has 0 spiro atoms. The first-order chi connectivity index (χ1) is 16.1. The highest BCUT2D eigenvalue weighted by molar-refractivity contribution is 5.64. The zero-order valence-corrected chi connectivity index (χ0v) is 25.3. The van der Waals surface area contributed by atoms with Gasteiger partial charge in [-0.25, -0.2) is 0 Å². The van der Waals surface area contributed by atoms with Crippen LogP contribution in [0.5, 0.6) is 0 Å². The van der Waals surface area contributed by atoms with Crippen molar-refractivity contribution >= 4 is 12.3 Å². The molecular weight excluding hydrogens is 456 g/mol. The summed E-state index contributed by atoms with van der Waals surface area (Å²) in [6, 6.07) is 0. The zero-order chi connectivity index (χ0) is 27.8. The molecule has 0 bridgehead atoms. The third kappa shape index (κ3) is 7.10. The molecule has 0 atom stereocenters. The first-order valence-electron chi connectivity index (χ1n) is 13.9. The van der Waals surface area contributed by atoms with Crippen molar-refractivity contribution in [1.29, 1.82) is 0 Å². The van der Waals surface area contributed by atoms with Crippen LogP contribution in [0.1, 0.15) is 134 Å². The van der Waals surface area contributed by atoms with Crippen LogP contribution >= 0.6 is 0 Å². The molecule has 2 aliphatic carbocycles. The summed E-state index contributed by atoms with van der Waals surface area (Å²) in [4.78, 5) is 35.1. The van der Waals surface area contributed by atoms with Gasteiger partial charge in [-0.2, -0.15) is 19.4 Å². The SMILES string of the molecule is CC(C)(C)C1CCC(OC(=O)OOC(=O)OC2(C(C)(C)C)CCC(C(C)(C)C)CC2)(C(C)(C)C)CC1. The van der Waals surface area contributed by atoms with Gasteiger partial charge >= 0.3 is 12.3 Å². The number of carbonyl (C=O) groups is 2. The molecule has 0 unspecified atom stereocenters. The monoisotopic (exact) mass is 510 g/mol. The van der Waals surface area contributed by atoms with E-state index in [0.717, 1.165) is 51.4 Å². The Morgan fingerprint density at radius 1 is 0.528 bits per heavy atom. The quantitative estimate of drug-likeness (QED) is 0.209. The van der Waals surface area contributed by atoms with Gasteiger partial charge in [-0.15, -0.1) is 0 Å². The van der Waals surface area contributed by atoms with E-state index in [1.165, 1.54) is 0 Å². The Morgan fingerprint density at radius 2 is 0.778 bits per heavy atom. The van der Waals surface area contributed by atoms with Crippen LogP contribution in [0.3, 0.4) is 0 Å². The Balaban J connectivity index is 1.99. The molecule has 210 valence electrons. The van der Waals surface area contributed by atoms with E-state index < -0.39 is 23.5 Å². The van der Waals surface area contributed by atoms with Gasteiger partial charge in [0.15, 0.2) is 0 Å². The highest BCUT2D eigenvalue weighted by Gasteiger charge is 2.51. The molecule has 0 aliphatic heterocycles. The second-order valence-electron chi connectivity index (χ2n) is 15.6. The summed E-state index contributed by atoms with van der Waals surface area (Å²) < 4.78 is 11.8. The standard InChI is InChI=1S/C30H54O6/c1-25(2,3)21-13-17-29(18-14-21,27(7,8)9)33-23(31)35-36-24(32)34-30(28(10,11)12)19-15-22(16-20-30)26(4,5)6/h21-22H,13-20H2,1-12H3. The van der Waals surface area contributed by atoms with Gasteiger partial charge in [0, 0.05) is 10.8 Å². The molecule has 2 rings (SSSR count). The molecule has 2 aliphatic rings. The van der Waals surface area contributed by atoms with E-state index in [1.54, 1.807) is 0 Å². The van der Waals surface area contributed by atoms with E-state index in [0.29, 0.717) is 11.8 Å². The van der Waals surface area contributed by atoms with Crippen molar-refractivity contribution in [2.75, 3.05) is 0 Å². The third-order valence-corrected chi connectivity index (χ3v) is 9.50. The Bertz CT molecular complexity index is 689. The van der Waals surface area contributed by atoms with Crippen LogP contribution in [0.2, 0.25) is 0 Å². The predicted molar refractivity (Wildman–Crippen MR) is 142 cm³/mol. The molecule has 2 fully saturated rings. The molecule has 0 aromatic rings. The fraction of sp³-hybridized carbons (Fsp3) is 0.933. The van der Waals surface area contributed by atoms with Gasteiger partial charge in [0.25, 0.3) is 0 Å². The summed E-state index contributed by atoms with van der Waals surface area (Å²) in [5.41, 5.74) is -1.47. The summed E-state index contributed by atoms with van der Waals surface area (Å²) in [5, 5.41) is 0. The van der Waals surface area contributed by atoms with Gasteiger partial charge in [0.1, 0.15) is 11.2 Å². The van der Waals surface area contributed by atoms with Gasteiger partial charge in [0.2, 0.25) is 0 Å². The second-order valence-corrected chi connectivity index (χ2v) is 15.6. The predicted octanol–water partition coefficient (Wildman–Crippen LogP) is 9.25. The lowest BCUT2D eigenvalue weighted by molar-refractivity contribution is -0.254. The molecule has 2 saturated carbocycles. The third-order valence-electron chi connectivity index (χ3n) is 9.50. The fourth-order valence-electron chi connectivity index (χ4n) is 6.33. The summed E-state index contributed by atoms with van der Waals surface area (Å²) >= 11 is 0. The number of ether oxygens (including phenoxy) is 2. The molecule has 0 saturated heterocycles. The lowest BCUT2D eigenvalue weighted by Gasteiger charge is -2.49. The van der Waals surface area contributed by atoms with Crippen molar-refractivity contribution in [3.05, 3.63) is 0 Å². The van der Waals surface area contributed by atoms with Crippen molar-refractivity contribution < 1.29 is 28.8 Å². The van der Waals surface area contributed by atoms with Gasteiger partial charge in [-0.3, -0.25) is 0 Å². The Hall–Kier alpha value is -1.46. The zero-order valence-electron chi connectivity index (χ0n) is 25.3.